The van der Waals surface area contributed by atoms with Gasteiger partial charge in [0, 0.05) is 24.8 Å². The first kappa shape index (κ1) is 26.5. The Balaban J connectivity index is 1.31. The number of nitrogens with zero attached hydrogens (tertiary/aromatic N) is 6. The highest BCUT2D eigenvalue weighted by atomic mass is 35.5. The van der Waals surface area contributed by atoms with Crippen molar-refractivity contribution >= 4 is 28.7 Å². The van der Waals surface area contributed by atoms with Crippen LogP contribution in [0.1, 0.15) is 43.9 Å². The Morgan fingerprint density at radius 2 is 2.00 bits per heavy atom. The Kier molecular flexibility index (Phi) is 6.83. The highest BCUT2D eigenvalue weighted by Crippen LogP contribution is 2.41. The highest BCUT2D eigenvalue weighted by Gasteiger charge is 2.41. The lowest BCUT2D eigenvalue weighted by molar-refractivity contribution is -0.138. The number of imidazole rings is 1. The average Bonchev–Trinajstić information content (AvgIpc) is 3.53. The summed E-state index contributed by atoms with van der Waals surface area (Å²) in [5, 5.41) is 9.94. The first-order chi connectivity index (χ1) is 19.2. The number of amides is 1. The number of aryl methyl sites for hydroxylation is 1. The second-order valence-electron chi connectivity index (χ2n) is 11.0. The van der Waals surface area contributed by atoms with Crippen LogP contribution in [0.25, 0.3) is 22.6 Å². The molecule has 11 heteroatoms. The molecule has 1 N–H and O–H groups in total. The summed E-state index contributed by atoms with van der Waals surface area (Å²) >= 11 is 6.78. The van der Waals surface area contributed by atoms with Crippen molar-refractivity contribution in [3.8, 4) is 23.0 Å². The zero-order valence-corrected chi connectivity index (χ0v) is 23.4. The number of benzene rings is 1. The first-order valence-corrected chi connectivity index (χ1v) is 13.8. The van der Waals surface area contributed by atoms with Crippen molar-refractivity contribution < 1.29 is 19.4 Å². The molecule has 6 rings (SSSR count). The minimum absolute atomic E-state index is 0.0485. The summed E-state index contributed by atoms with van der Waals surface area (Å²) in [6.45, 7) is 4.39. The largest absolute Gasteiger partial charge is 0.484 e. The van der Waals surface area contributed by atoms with Crippen molar-refractivity contribution in [3.63, 3.8) is 0 Å². The molecule has 2 aliphatic carbocycles. The van der Waals surface area contributed by atoms with Gasteiger partial charge in [-0.2, -0.15) is 4.98 Å². The maximum absolute atomic E-state index is 12.5. The fourth-order valence-corrected chi connectivity index (χ4v) is 5.05. The van der Waals surface area contributed by atoms with Crippen LogP contribution < -0.4 is 9.47 Å². The van der Waals surface area contributed by atoms with Gasteiger partial charge in [-0.15, -0.1) is 0 Å². The molecule has 0 atom stereocenters. The van der Waals surface area contributed by atoms with Crippen LogP contribution in [0.2, 0.25) is 5.02 Å². The average molecular weight is 563 g/mol. The molecule has 10 nitrogen and oxygen atoms in total. The van der Waals surface area contributed by atoms with Crippen molar-refractivity contribution in [2.75, 3.05) is 13.7 Å². The van der Waals surface area contributed by atoms with Crippen LogP contribution in [0.5, 0.6) is 11.6 Å². The van der Waals surface area contributed by atoms with E-state index in [1.165, 1.54) is 6.33 Å². The van der Waals surface area contributed by atoms with Crippen molar-refractivity contribution in [1.82, 2.24) is 29.4 Å². The number of likely N-dealkylation sites (N-methyl/N-ethyl adjacent to an activating group) is 1. The van der Waals surface area contributed by atoms with Gasteiger partial charge in [0.15, 0.2) is 17.8 Å². The number of rotatable bonds is 9. The lowest BCUT2D eigenvalue weighted by Gasteiger charge is -2.38. The predicted octanol–water partition coefficient (Wildman–Crippen LogP) is 4.19. The van der Waals surface area contributed by atoms with Gasteiger partial charge in [0.25, 0.3) is 5.91 Å². The van der Waals surface area contributed by atoms with Crippen LogP contribution in [-0.4, -0.2) is 71.8 Å². The number of aliphatic hydroxyl groups excluding tert-OH is 1. The standard InChI is InChI=1S/C29H31ClN6O4/c1-17-6-9-31-18(10-17)14-36-26(34-25-27(36)32-16-33-28(25)40-29(2)7-8-29)22-5-4-21(13-23(22)30)39-15-24(38)35(3)19-11-20(37)12-19/h4-6,9-10,13,16,19-20,37H,7-8,11-12,14-15H2,1-3H3. The third-order valence-corrected chi connectivity index (χ3v) is 7.97. The van der Waals surface area contributed by atoms with Crippen molar-refractivity contribution in [2.24, 2.45) is 0 Å². The maximum Gasteiger partial charge on any atom is 0.260 e. The molecule has 1 aromatic carbocycles. The van der Waals surface area contributed by atoms with Crippen LogP contribution in [0.3, 0.4) is 0 Å². The molecule has 0 unspecified atom stereocenters. The number of aliphatic hydroxyl groups is 1. The normalized spacial score (nSPS) is 19.2. The molecule has 2 aliphatic rings. The Morgan fingerprint density at radius 1 is 1.20 bits per heavy atom. The first-order valence-electron chi connectivity index (χ1n) is 13.4. The molecule has 2 fully saturated rings. The molecule has 3 aromatic heterocycles. The van der Waals surface area contributed by atoms with Crippen molar-refractivity contribution in [2.45, 2.75) is 63.8 Å². The molecule has 3 heterocycles. The Morgan fingerprint density at radius 3 is 2.70 bits per heavy atom. The van der Waals surface area contributed by atoms with Gasteiger partial charge >= 0.3 is 0 Å². The van der Waals surface area contributed by atoms with Gasteiger partial charge in [-0.05, 0) is 75.4 Å². The summed E-state index contributed by atoms with van der Waals surface area (Å²) in [5.41, 5.74) is 3.58. The maximum atomic E-state index is 12.5. The summed E-state index contributed by atoms with van der Waals surface area (Å²) in [6, 6.07) is 9.30. The fraction of sp³-hybridized carbons (Fsp3) is 0.414. The molecule has 208 valence electrons. The second-order valence-corrected chi connectivity index (χ2v) is 11.4. The van der Waals surface area contributed by atoms with Crippen molar-refractivity contribution in [3.05, 3.63) is 59.1 Å². The van der Waals surface area contributed by atoms with Gasteiger partial charge in [0.2, 0.25) is 5.88 Å². The molecule has 0 bridgehead atoms. The van der Waals surface area contributed by atoms with Gasteiger partial charge in [-0.1, -0.05) is 11.6 Å². The molecule has 0 spiro atoms. The van der Waals surface area contributed by atoms with Crippen LogP contribution in [0.15, 0.2) is 42.9 Å². The number of carbonyl (C=O) groups excluding carboxylic acids is 1. The SMILES string of the molecule is Cc1ccnc(Cn2c(-c3ccc(OCC(=O)N(C)C4CC(O)C4)cc3Cl)nc3c(OC4(C)CC4)ncnc32)c1. The molecule has 40 heavy (non-hydrogen) atoms. The molecule has 4 aromatic rings. The Bertz CT molecular complexity index is 1580. The van der Waals surface area contributed by atoms with Gasteiger partial charge < -0.3 is 24.0 Å². The molecule has 0 saturated heterocycles. The van der Waals surface area contributed by atoms with Crippen molar-refractivity contribution in [1.29, 1.82) is 0 Å². The molecule has 0 aliphatic heterocycles. The minimum atomic E-state index is -0.330. The zero-order valence-electron chi connectivity index (χ0n) is 22.7. The van der Waals surface area contributed by atoms with E-state index < -0.39 is 0 Å². The lowest BCUT2D eigenvalue weighted by Crippen LogP contribution is -2.49. The second kappa shape index (κ2) is 10.3. The number of carbonyl (C=O) groups is 1. The van der Waals surface area contributed by atoms with E-state index in [4.69, 9.17) is 26.1 Å². The zero-order chi connectivity index (χ0) is 28.0. The molecule has 1 amide bonds. The third kappa shape index (κ3) is 5.33. The molecular formula is C29H31ClN6O4. The smallest absolute Gasteiger partial charge is 0.260 e. The van der Waals surface area contributed by atoms with Gasteiger partial charge in [-0.3, -0.25) is 9.78 Å². The summed E-state index contributed by atoms with van der Waals surface area (Å²) in [6.07, 6.45) is 6.07. The topological polar surface area (TPSA) is 115 Å². The summed E-state index contributed by atoms with van der Waals surface area (Å²) in [4.78, 5) is 32.6. The lowest BCUT2D eigenvalue weighted by atomic mass is 9.88. The van der Waals surface area contributed by atoms with Gasteiger partial charge in [-0.25, -0.2) is 9.97 Å². The minimum Gasteiger partial charge on any atom is -0.484 e. The van der Waals surface area contributed by atoms with E-state index in [0.717, 1.165) is 24.1 Å². The summed E-state index contributed by atoms with van der Waals surface area (Å²) in [7, 11) is 1.73. The monoisotopic (exact) mass is 562 g/mol. The van der Waals surface area contributed by atoms with E-state index in [2.05, 4.69) is 21.9 Å². The van der Waals surface area contributed by atoms with E-state index >= 15 is 0 Å². The Hall–Kier alpha value is -3.76. The number of fused-ring (bicyclic) bond motifs is 1. The summed E-state index contributed by atoms with van der Waals surface area (Å²) in [5.74, 6) is 1.36. The third-order valence-electron chi connectivity index (χ3n) is 7.66. The number of halogens is 1. The molecule has 0 radical (unpaired) electrons. The number of hydrogen-bond acceptors (Lipinski definition) is 8. The summed E-state index contributed by atoms with van der Waals surface area (Å²) < 4.78 is 13.9. The predicted molar refractivity (Wildman–Crippen MR) is 149 cm³/mol. The van der Waals surface area contributed by atoms with Crippen LogP contribution in [0.4, 0.5) is 0 Å². The van der Waals surface area contributed by atoms with E-state index in [0.29, 0.717) is 58.6 Å². The number of hydrogen-bond donors (Lipinski definition) is 1. The van der Waals surface area contributed by atoms with E-state index in [-0.39, 0.29) is 30.3 Å². The van der Waals surface area contributed by atoms with Crippen LogP contribution in [-0.2, 0) is 11.3 Å². The number of aromatic nitrogens is 5. The number of pyridine rings is 1. The fourth-order valence-electron chi connectivity index (χ4n) is 4.80. The molecule has 2 saturated carbocycles. The number of ether oxygens (including phenoxy) is 2. The van der Waals surface area contributed by atoms with E-state index in [9.17, 15) is 9.90 Å². The quantitative estimate of drug-likeness (QED) is 0.323. The van der Waals surface area contributed by atoms with Gasteiger partial charge in [0.05, 0.1) is 23.4 Å². The Labute approximate surface area is 237 Å². The van der Waals surface area contributed by atoms with Crippen LogP contribution in [0, 0.1) is 6.92 Å². The molecular weight excluding hydrogens is 532 g/mol. The highest BCUT2D eigenvalue weighted by molar-refractivity contribution is 6.33. The van der Waals surface area contributed by atoms with E-state index in [1.807, 2.05) is 29.7 Å². The van der Waals surface area contributed by atoms with Crippen LogP contribution >= 0.6 is 11.6 Å². The van der Waals surface area contributed by atoms with Gasteiger partial charge in [0.1, 0.15) is 23.5 Å². The van der Waals surface area contributed by atoms with E-state index in [1.54, 1.807) is 30.3 Å².